The number of carbonyl (C=O) groups is 10. The van der Waals surface area contributed by atoms with Crippen molar-refractivity contribution in [1.82, 2.24) is 63.7 Å². The topological polar surface area (TPSA) is 447 Å². The summed E-state index contributed by atoms with van der Waals surface area (Å²) in [7, 11) is 1.49. The van der Waals surface area contributed by atoms with Gasteiger partial charge in [0.05, 0.1) is 19.1 Å². The molecular weight excluding hydrogens is 1110 g/mol. The van der Waals surface area contributed by atoms with Crippen molar-refractivity contribution >= 4 is 65.2 Å². The van der Waals surface area contributed by atoms with Crippen LogP contribution < -0.4 is 75.9 Å². The van der Waals surface area contributed by atoms with Gasteiger partial charge in [0.1, 0.15) is 48.0 Å². The lowest BCUT2D eigenvalue weighted by atomic mass is 10.0. The second-order valence-corrected chi connectivity index (χ2v) is 20.5. The van der Waals surface area contributed by atoms with Crippen LogP contribution in [0.2, 0.25) is 0 Å². The number of primary amides is 1. The van der Waals surface area contributed by atoms with Gasteiger partial charge in [0.2, 0.25) is 47.3 Å². The van der Waals surface area contributed by atoms with Gasteiger partial charge in [0.15, 0.2) is 5.96 Å². The fourth-order valence-electron chi connectivity index (χ4n) is 8.58. The zero-order valence-corrected chi connectivity index (χ0v) is 48.5. The number of nitrogens with zero attached hydrogens (tertiary/aromatic N) is 2. The van der Waals surface area contributed by atoms with Gasteiger partial charge in [-0.25, -0.2) is 10.2 Å². The predicted molar refractivity (Wildman–Crippen MR) is 317 cm³/mol. The number of rotatable bonds is 33. The molecule has 0 saturated carbocycles. The van der Waals surface area contributed by atoms with Gasteiger partial charge >= 0.3 is 6.03 Å². The molecule has 11 amide bonds. The van der Waals surface area contributed by atoms with Crippen molar-refractivity contribution in [2.45, 2.75) is 120 Å². The average molecular weight is 1190 g/mol. The largest absolute Gasteiger partial charge is 0.508 e. The number of nitrogens with two attached hydrogens (primary N) is 3. The molecule has 8 atom stereocenters. The van der Waals surface area contributed by atoms with Crippen molar-refractivity contribution in [3.05, 3.63) is 132 Å². The van der Waals surface area contributed by atoms with Gasteiger partial charge < -0.3 is 75.3 Å². The molecule has 28 nitrogen and oxygen atoms in total. The van der Waals surface area contributed by atoms with Crippen molar-refractivity contribution in [1.29, 1.82) is 0 Å². The minimum atomic E-state index is -1.83. The van der Waals surface area contributed by atoms with E-state index >= 15 is 0 Å². The SMILES string of the molecule is CCNC(=O)C(Cc1ccccc1)NC(=O)C(CCCNC(N)=NC)NC(=O)C(CC(C)C)NC(=O)NNC(=O)C(Cc1ccccc1)NC(=O)C(CO)NC(=O)C(CC(N)=O)NC(=O)C(Cc1ccncc1)NC(=O)C(N)Cc1ccc(O)cc1. The average Bonchev–Trinajstić information content (AvgIpc) is 3.66. The van der Waals surface area contributed by atoms with E-state index in [4.69, 9.17) is 17.2 Å². The number of benzene rings is 3. The van der Waals surface area contributed by atoms with E-state index in [1.54, 1.807) is 99.6 Å². The number of aliphatic hydroxyl groups excluding tert-OH is 1. The van der Waals surface area contributed by atoms with E-state index in [0.717, 1.165) is 5.56 Å². The third kappa shape index (κ3) is 24.6. The van der Waals surface area contributed by atoms with E-state index in [-0.39, 0.29) is 62.7 Å². The van der Waals surface area contributed by atoms with Crippen LogP contribution >= 0.6 is 0 Å². The summed E-state index contributed by atoms with van der Waals surface area (Å²) in [4.78, 5) is 144. The fraction of sp³-hybridized carbons (Fsp3) is 0.414. The number of guanidine groups is 1. The first kappa shape index (κ1) is 68.8. The maximum Gasteiger partial charge on any atom is 0.334 e. The van der Waals surface area contributed by atoms with Crippen LogP contribution in [0.3, 0.4) is 0 Å². The molecule has 86 heavy (non-hydrogen) atoms. The van der Waals surface area contributed by atoms with E-state index in [9.17, 15) is 58.2 Å². The molecule has 19 N–H and O–H groups in total. The summed E-state index contributed by atoms with van der Waals surface area (Å²) in [5, 5.41) is 43.4. The van der Waals surface area contributed by atoms with Crippen LogP contribution in [-0.2, 0) is 68.8 Å². The van der Waals surface area contributed by atoms with E-state index in [0.29, 0.717) is 29.7 Å². The third-order valence-electron chi connectivity index (χ3n) is 13.1. The number of hydrazine groups is 1. The molecule has 0 bridgehead atoms. The Morgan fingerprint density at radius 3 is 1.53 bits per heavy atom. The molecule has 0 aliphatic heterocycles. The van der Waals surface area contributed by atoms with Crippen LogP contribution in [0.4, 0.5) is 4.79 Å². The van der Waals surface area contributed by atoms with Crippen LogP contribution in [0.15, 0.2) is 114 Å². The maximum absolute atomic E-state index is 14.1. The second kappa shape index (κ2) is 36.1. The molecular formula is C58H80N16O12. The molecule has 0 radical (unpaired) electrons. The molecule has 1 heterocycles. The van der Waals surface area contributed by atoms with Crippen molar-refractivity contribution in [3.63, 3.8) is 0 Å². The van der Waals surface area contributed by atoms with Crippen LogP contribution in [0, 0.1) is 5.92 Å². The summed E-state index contributed by atoms with van der Waals surface area (Å²) < 4.78 is 0. The molecule has 8 unspecified atom stereocenters. The third-order valence-corrected chi connectivity index (χ3v) is 13.1. The first-order valence-corrected chi connectivity index (χ1v) is 27.9. The highest BCUT2D eigenvalue weighted by Gasteiger charge is 2.34. The standard InChI is InChI=1S/C58H80N16O12/c1-5-64-50(79)43(29-35-13-8-6-9-14-35)68-51(80)41(17-12-24-65-57(61)62-4)66-52(81)42(27-34(2)3)72-58(86)74-73-56(85)45(30-36-15-10-7-11-16-36)69-55(84)47(33-75)71-54(83)46(32-48(60)77)70-53(82)44(31-38-22-25-63-26-23-38)67-49(78)40(59)28-37-18-20-39(76)21-19-37/h6-11,13-16,18-23,25-26,34,40-47,75-76H,5,12,17,24,27-33,59H2,1-4H3,(H2,60,77)(H,64,79)(H,66,81)(H,67,78)(H,68,80)(H,69,84)(H,70,82)(H,71,83)(H,73,85)(H3,61,62,65)(H2,72,74,86). The summed E-state index contributed by atoms with van der Waals surface area (Å²) in [6.07, 6.45) is 2.31. The van der Waals surface area contributed by atoms with E-state index < -0.39 is 121 Å². The van der Waals surface area contributed by atoms with Crippen molar-refractivity contribution in [2.24, 2.45) is 28.1 Å². The summed E-state index contributed by atoms with van der Waals surface area (Å²) in [6, 6.07) is 14.1. The number of carbonyl (C=O) groups excluding carboxylic acids is 10. The summed E-state index contributed by atoms with van der Waals surface area (Å²) in [5.41, 5.74) is 24.3. The van der Waals surface area contributed by atoms with E-state index in [2.05, 4.69) is 68.7 Å². The highest BCUT2D eigenvalue weighted by molar-refractivity contribution is 5.98. The molecule has 0 spiro atoms. The van der Waals surface area contributed by atoms with Gasteiger partial charge in [-0.15, -0.1) is 0 Å². The molecule has 4 rings (SSSR count). The van der Waals surface area contributed by atoms with Gasteiger partial charge in [-0.1, -0.05) is 86.6 Å². The Labute approximate surface area is 498 Å². The Hall–Kier alpha value is -9.70. The van der Waals surface area contributed by atoms with E-state index in [1.807, 2.05) is 6.07 Å². The Morgan fingerprint density at radius 2 is 0.988 bits per heavy atom. The smallest absolute Gasteiger partial charge is 0.334 e. The highest BCUT2D eigenvalue weighted by Crippen LogP contribution is 2.13. The number of nitrogens with one attached hydrogen (secondary N) is 11. The molecule has 0 aliphatic carbocycles. The number of aliphatic hydroxyl groups is 1. The normalized spacial score (nSPS) is 13.9. The number of likely N-dealkylation sites (N-methyl/N-ethyl adjacent to an activating group) is 1. The monoisotopic (exact) mass is 1190 g/mol. The van der Waals surface area contributed by atoms with Gasteiger partial charge in [-0.3, -0.25) is 58.6 Å². The quantitative estimate of drug-likeness (QED) is 0.0100. The summed E-state index contributed by atoms with van der Waals surface area (Å²) in [5.74, 6) is -8.04. The Kier molecular flexibility index (Phi) is 28.9. The van der Waals surface area contributed by atoms with Gasteiger partial charge in [-0.2, -0.15) is 0 Å². The molecule has 28 heteroatoms. The summed E-state index contributed by atoms with van der Waals surface area (Å²) >= 11 is 0. The summed E-state index contributed by atoms with van der Waals surface area (Å²) in [6.45, 7) is 4.79. The van der Waals surface area contributed by atoms with Gasteiger partial charge in [-0.05, 0) is 85.0 Å². The second-order valence-electron chi connectivity index (χ2n) is 20.5. The number of pyridine rings is 1. The van der Waals surface area contributed by atoms with E-state index in [1.165, 1.54) is 31.6 Å². The number of amides is 11. The van der Waals surface area contributed by atoms with Crippen LogP contribution in [0.1, 0.15) is 68.7 Å². The fourth-order valence-corrected chi connectivity index (χ4v) is 8.58. The molecule has 4 aromatic rings. The molecule has 1 aromatic heterocycles. The van der Waals surface area contributed by atoms with Crippen molar-refractivity contribution in [3.8, 4) is 5.75 Å². The minimum absolute atomic E-state index is 0.0000165. The molecule has 3 aromatic carbocycles. The first-order valence-electron chi connectivity index (χ1n) is 27.9. The zero-order chi connectivity index (χ0) is 63.1. The number of aromatic nitrogens is 1. The number of phenolic OH excluding ortho intramolecular Hbond substituents is 1. The number of urea groups is 1. The highest BCUT2D eigenvalue weighted by atomic mass is 16.3. The van der Waals surface area contributed by atoms with Crippen LogP contribution in [0.25, 0.3) is 0 Å². The van der Waals surface area contributed by atoms with Gasteiger partial charge in [0.25, 0.3) is 5.91 Å². The lowest BCUT2D eigenvalue weighted by Crippen LogP contribution is -2.61. The van der Waals surface area contributed by atoms with Crippen molar-refractivity contribution < 1.29 is 58.2 Å². The van der Waals surface area contributed by atoms with Crippen molar-refractivity contribution in [2.75, 3.05) is 26.7 Å². The molecule has 0 fully saturated rings. The maximum atomic E-state index is 14.1. The number of aliphatic imine (C=N–C) groups is 1. The van der Waals surface area contributed by atoms with Crippen LogP contribution in [0.5, 0.6) is 5.75 Å². The number of aromatic hydroxyl groups is 1. The Bertz CT molecular complexity index is 2910. The Balaban J connectivity index is 1.48. The number of hydrogen-bond donors (Lipinski definition) is 16. The first-order chi connectivity index (χ1) is 41.1. The van der Waals surface area contributed by atoms with Crippen LogP contribution in [-0.4, -0.2) is 155 Å². The molecule has 464 valence electrons. The lowest BCUT2D eigenvalue weighted by molar-refractivity contribution is -0.136. The lowest BCUT2D eigenvalue weighted by Gasteiger charge is -2.27. The number of hydrogen-bond acceptors (Lipinski definition) is 15. The zero-order valence-electron chi connectivity index (χ0n) is 48.5. The Morgan fingerprint density at radius 1 is 0.523 bits per heavy atom. The molecule has 0 saturated heterocycles. The number of phenols is 1. The molecule has 0 aliphatic rings. The predicted octanol–water partition coefficient (Wildman–Crippen LogP) is -2.64. The van der Waals surface area contributed by atoms with Gasteiger partial charge in [0, 0.05) is 51.8 Å². The minimum Gasteiger partial charge on any atom is -0.508 e.